The molecule has 0 aromatic heterocycles. The van der Waals surface area contributed by atoms with Crippen LogP contribution in [0.2, 0.25) is 0 Å². The molecule has 0 saturated heterocycles. The molecule has 1 rings (SSSR count). The van der Waals surface area contributed by atoms with E-state index in [1.54, 1.807) is 22.6 Å². The van der Waals surface area contributed by atoms with Gasteiger partial charge in [-0.05, 0) is 28.7 Å². The number of rotatable bonds is 2. The van der Waals surface area contributed by atoms with Crippen molar-refractivity contribution in [3.05, 3.63) is 32.9 Å². The Labute approximate surface area is 93.3 Å². The van der Waals surface area contributed by atoms with Crippen molar-refractivity contribution in [1.82, 2.24) is 0 Å². The molecule has 0 unspecified atom stereocenters. The van der Waals surface area contributed by atoms with Gasteiger partial charge in [-0.15, -0.1) is 0 Å². The summed E-state index contributed by atoms with van der Waals surface area (Å²) in [7, 11) is 0. The molecular weight excluding hydrogens is 303 g/mol. The predicted octanol–water partition coefficient (Wildman–Crippen LogP) is 1.34. The van der Waals surface area contributed by atoms with E-state index in [0.717, 1.165) is 0 Å². The van der Waals surface area contributed by atoms with Crippen LogP contribution in [-0.2, 0) is 6.54 Å². The highest BCUT2D eigenvalue weighted by Crippen LogP contribution is 2.19. The highest BCUT2D eigenvalue weighted by Gasteiger charge is 2.10. The van der Waals surface area contributed by atoms with Crippen LogP contribution in [0.5, 0.6) is 0 Å². The van der Waals surface area contributed by atoms with Gasteiger partial charge in [0.25, 0.3) is 0 Å². The largest absolute Gasteiger partial charge is 0.370 e. The van der Waals surface area contributed by atoms with Crippen molar-refractivity contribution in [2.24, 2.45) is 16.5 Å². The summed E-state index contributed by atoms with van der Waals surface area (Å²) in [4.78, 5) is 3.63. The maximum Gasteiger partial charge on any atom is 0.186 e. The summed E-state index contributed by atoms with van der Waals surface area (Å²) in [5, 5.41) is 0. The van der Waals surface area contributed by atoms with Gasteiger partial charge in [0.1, 0.15) is 11.6 Å². The molecule has 4 N–H and O–H groups in total. The predicted molar refractivity (Wildman–Crippen MR) is 58.6 cm³/mol. The number of hydrogen-bond donors (Lipinski definition) is 2. The summed E-state index contributed by atoms with van der Waals surface area (Å²) in [6.45, 7) is 0.0183. The van der Waals surface area contributed by atoms with Gasteiger partial charge in [-0.25, -0.2) is 13.8 Å². The van der Waals surface area contributed by atoms with Crippen LogP contribution in [0.4, 0.5) is 8.78 Å². The van der Waals surface area contributed by atoms with Crippen LogP contribution < -0.4 is 11.5 Å². The van der Waals surface area contributed by atoms with Gasteiger partial charge >= 0.3 is 0 Å². The Hall–Kier alpha value is -0.920. The van der Waals surface area contributed by atoms with E-state index in [9.17, 15) is 8.78 Å². The van der Waals surface area contributed by atoms with Crippen molar-refractivity contribution in [1.29, 1.82) is 0 Å². The maximum absolute atomic E-state index is 13.3. The van der Waals surface area contributed by atoms with Crippen molar-refractivity contribution in [2.45, 2.75) is 6.54 Å². The number of benzene rings is 1. The molecule has 0 radical (unpaired) electrons. The van der Waals surface area contributed by atoms with Gasteiger partial charge in [-0.3, -0.25) is 0 Å². The van der Waals surface area contributed by atoms with Gasteiger partial charge in [0.2, 0.25) is 0 Å². The van der Waals surface area contributed by atoms with E-state index >= 15 is 0 Å². The van der Waals surface area contributed by atoms with E-state index in [4.69, 9.17) is 11.5 Å². The van der Waals surface area contributed by atoms with E-state index in [0.29, 0.717) is 0 Å². The van der Waals surface area contributed by atoms with Crippen molar-refractivity contribution >= 4 is 28.6 Å². The first kappa shape index (κ1) is 11.2. The number of guanidine groups is 1. The number of hydrogen-bond acceptors (Lipinski definition) is 1. The molecule has 0 amide bonds. The highest BCUT2D eigenvalue weighted by molar-refractivity contribution is 14.1. The van der Waals surface area contributed by atoms with E-state index in [1.807, 2.05) is 0 Å². The molecule has 0 aliphatic rings. The first-order chi connectivity index (χ1) is 6.52. The standard InChI is InChI=1S/C8H8F2IN3/c9-5-2-1-4(3-14-8(12)13)6(10)7(5)11/h1-2H,3H2,(H4,12,13,14). The average molecular weight is 311 g/mol. The van der Waals surface area contributed by atoms with Gasteiger partial charge in [-0.2, -0.15) is 0 Å². The van der Waals surface area contributed by atoms with Gasteiger partial charge in [-0.1, -0.05) is 6.07 Å². The molecule has 76 valence electrons. The van der Waals surface area contributed by atoms with Gasteiger partial charge < -0.3 is 11.5 Å². The van der Waals surface area contributed by atoms with E-state index in [1.165, 1.54) is 12.1 Å². The topological polar surface area (TPSA) is 64.4 Å². The molecular formula is C8H8F2IN3. The third-order valence-corrected chi connectivity index (χ3v) is 2.54. The van der Waals surface area contributed by atoms with Crippen LogP contribution in [0.15, 0.2) is 17.1 Å². The quantitative estimate of drug-likeness (QED) is 0.375. The lowest BCUT2D eigenvalue weighted by molar-refractivity contribution is 0.560. The van der Waals surface area contributed by atoms with Crippen LogP contribution in [0.3, 0.4) is 0 Å². The SMILES string of the molecule is NC(N)=NCc1ccc(F)c(I)c1F. The second kappa shape index (κ2) is 4.54. The molecule has 14 heavy (non-hydrogen) atoms. The lowest BCUT2D eigenvalue weighted by atomic mass is 10.2. The third kappa shape index (κ3) is 2.53. The molecule has 1 aromatic carbocycles. The summed E-state index contributed by atoms with van der Waals surface area (Å²) in [6.07, 6.45) is 0. The fourth-order valence-electron chi connectivity index (χ4n) is 0.864. The zero-order chi connectivity index (χ0) is 10.7. The van der Waals surface area contributed by atoms with Crippen LogP contribution in [0.1, 0.15) is 5.56 Å². The molecule has 1 aromatic rings. The molecule has 0 saturated carbocycles. The highest BCUT2D eigenvalue weighted by atomic mass is 127. The fraction of sp³-hybridized carbons (Fsp3) is 0.125. The molecule has 0 aliphatic carbocycles. The Morgan fingerprint density at radius 2 is 2.00 bits per heavy atom. The summed E-state index contributed by atoms with van der Waals surface area (Å²) >= 11 is 1.59. The molecule has 6 heteroatoms. The first-order valence-corrected chi connectivity index (χ1v) is 4.78. The van der Waals surface area contributed by atoms with Crippen molar-refractivity contribution in [3.8, 4) is 0 Å². The first-order valence-electron chi connectivity index (χ1n) is 3.70. The monoisotopic (exact) mass is 311 g/mol. The summed E-state index contributed by atoms with van der Waals surface area (Å²) < 4.78 is 26.1. The molecule has 0 aliphatic heterocycles. The number of nitrogens with two attached hydrogens (primary N) is 2. The minimum Gasteiger partial charge on any atom is -0.370 e. The summed E-state index contributed by atoms with van der Waals surface area (Å²) in [6, 6.07) is 2.50. The Balaban J connectivity index is 3.00. The van der Waals surface area contributed by atoms with Crippen molar-refractivity contribution < 1.29 is 8.78 Å². The summed E-state index contributed by atoms with van der Waals surface area (Å²) in [5.74, 6) is -1.32. The normalized spacial score (nSPS) is 9.93. The van der Waals surface area contributed by atoms with Crippen molar-refractivity contribution in [3.63, 3.8) is 0 Å². The minimum atomic E-state index is -0.615. The second-order valence-corrected chi connectivity index (χ2v) is 3.65. The Morgan fingerprint density at radius 1 is 1.36 bits per heavy atom. The van der Waals surface area contributed by atoms with E-state index in [-0.39, 0.29) is 21.6 Å². The minimum absolute atomic E-state index is 0.0183. The number of halogens is 3. The number of nitrogens with zero attached hydrogens (tertiary/aromatic N) is 1. The third-order valence-electron chi connectivity index (χ3n) is 1.55. The molecule has 0 spiro atoms. The molecule has 3 nitrogen and oxygen atoms in total. The Bertz CT molecular complexity index is 375. The zero-order valence-corrected chi connectivity index (χ0v) is 9.26. The van der Waals surface area contributed by atoms with Crippen LogP contribution >= 0.6 is 22.6 Å². The molecule has 0 atom stereocenters. The maximum atomic E-state index is 13.3. The molecule has 0 heterocycles. The Morgan fingerprint density at radius 3 is 2.57 bits per heavy atom. The van der Waals surface area contributed by atoms with E-state index in [2.05, 4.69) is 4.99 Å². The second-order valence-electron chi connectivity index (χ2n) is 2.58. The lowest BCUT2D eigenvalue weighted by Gasteiger charge is -2.02. The molecule has 0 bridgehead atoms. The Kier molecular flexibility index (Phi) is 3.62. The zero-order valence-electron chi connectivity index (χ0n) is 7.10. The number of aliphatic imine (C=N–C) groups is 1. The smallest absolute Gasteiger partial charge is 0.186 e. The van der Waals surface area contributed by atoms with Gasteiger partial charge in [0.15, 0.2) is 5.96 Å². The fourth-order valence-corrected chi connectivity index (χ4v) is 1.39. The van der Waals surface area contributed by atoms with Crippen LogP contribution in [0.25, 0.3) is 0 Å². The van der Waals surface area contributed by atoms with Crippen LogP contribution in [-0.4, -0.2) is 5.96 Å². The van der Waals surface area contributed by atoms with Crippen LogP contribution in [0, 0.1) is 15.2 Å². The summed E-state index contributed by atoms with van der Waals surface area (Å²) in [5.41, 5.74) is 10.4. The van der Waals surface area contributed by atoms with Gasteiger partial charge in [0.05, 0.1) is 10.1 Å². The lowest BCUT2D eigenvalue weighted by Crippen LogP contribution is -2.22. The average Bonchev–Trinajstić information content (AvgIpc) is 2.13. The molecule has 0 fully saturated rings. The van der Waals surface area contributed by atoms with Crippen molar-refractivity contribution in [2.75, 3.05) is 0 Å². The van der Waals surface area contributed by atoms with Gasteiger partial charge in [0, 0.05) is 5.56 Å². The van der Waals surface area contributed by atoms with E-state index < -0.39 is 11.6 Å².